The van der Waals surface area contributed by atoms with E-state index >= 15 is 0 Å². The van der Waals surface area contributed by atoms with Gasteiger partial charge in [0.05, 0.1) is 5.69 Å². The molecule has 0 radical (unpaired) electrons. The number of rotatable bonds is 5. The summed E-state index contributed by atoms with van der Waals surface area (Å²) in [6.07, 6.45) is 0.707. The van der Waals surface area contributed by atoms with Crippen molar-refractivity contribution in [2.45, 2.75) is 19.9 Å². The summed E-state index contributed by atoms with van der Waals surface area (Å²) >= 11 is 0. The lowest BCUT2D eigenvalue weighted by Gasteiger charge is -2.20. The fourth-order valence-corrected chi connectivity index (χ4v) is 2.35. The van der Waals surface area contributed by atoms with Gasteiger partial charge in [-0.25, -0.2) is 4.39 Å². The van der Waals surface area contributed by atoms with Gasteiger partial charge in [0.1, 0.15) is 5.82 Å². The van der Waals surface area contributed by atoms with Gasteiger partial charge < -0.3 is 10.6 Å². The van der Waals surface area contributed by atoms with E-state index in [9.17, 15) is 4.39 Å². The van der Waals surface area contributed by atoms with Crippen molar-refractivity contribution in [2.24, 2.45) is 5.73 Å². The number of anilines is 1. The van der Waals surface area contributed by atoms with Crippen molar-refractivity contribution >= 4 is 5.69 Å². The van der Waals surface area contributed by atoms with Gasteiger partial charge in [-0.15, -0.1) is 0 Å². The van der Waals surface area contributed by atoms with Crippen molar-refractivity contribution in [1.82, 2.24) is 0 Å². The second-order valence-corrected chi connectivity index (χ2v) is 5.17. The van der Waals surface area contributed by atoms with Crippen LogP contribution in [0.3, 0.4) is 0 Å². The summed E-state index contributed by atoms with van der Waals surface area (Å²) in [6, 6.07) is 13.6. The van der Waals surface area contributed by atoms with Crippen molar-refractivity contribution < 1.29 is 4.39 Å². The summed E-state index contributed by atoms with van der Waals surface area (Å²) in [4.78, 5) is 1.93. The van der Waals surface area contributed by atoms with E-state index in [0.717, 1.165) is 5.56 Å². The summed E-state index contributed by atoms with van der Waals surface area (Å²) < 4.78 is 14.1. The summed E-state index contributed by atoms with van der Waals surface area (Å²) in [6.45, 7) is 3.29. The zero-order chi connectivity index (χ0) is 14.5. The van der Waals surface area contributed by atoms with Crippen molar-refractivity contribution in [3.05, 3.63) is 65.0 Å². The predicted molar refractivity (Wildman–Crippen MR) is 82.4 cm³/mol. The Morgan fingerprint density at radius 2 is 1.90 bits per heavy atom. The normalized spacial score (nSPS) is 10.6. The Kier molecular flexibility index (Phi) is 4.74. The fourth-order valence-electron chi connectivity index (χ4n) is 2.35. The molecule has 0 aliphatic heterocycles. The SMILES string of the molecule is Cc1cccc(CN(C)c2ccc(CCN)cc2F)c1. The van der Waals surface area contributed by atoms with Crippen LogP contribution in [0.2, 0.25) is 0 Å². The van der Waals surface area contributed by atoms with Crippen LogP contribution in [0.1, 0.15) is 16.7 Å². The molecule has 0 aromatic heterocycles. The third-order valence-corrected chi connectivity index (χ3v) is 3.36. The Balaban J connectivity index is 2.14. The maximum absolute atomic E-state index is 14.1. The van der Waals surface area contributed by atoms with Crippen LogP contribution in [0.5, 0.6) is 0 Å². The number of nitrogens with two attached hydrogens (primary N) is 1. The Hall–Kier alpha value is -1.87. The maximum atomic E-state index is 14.1. The zero-order valence-corrected chi connectivity index (χ0v) is 12.1. The lowest BCUT2D eigenvalue weighted by atomic mass is 10.1. The van der Waals surface area contributed by atoms with Gasteiger partial charge >= 0.3 is 0 Å². The lowest BCUT2D eigenvalue weighted by molar-refractivity contribution is 0.620. The topological polar surface area (TPSA) is 29.3 Å². The molecular formula is C17H21FN2. The standard InChI is InChI=1S/C17H21FN2/c1-13-4-3-5-15(10-13)12-20(2)17-7-6-14(8-9-19)11-16(17)18/h3-7,10-11H,8-9,12,19H2,1-2H3. The highest BCUT2D eigenvalue weighted by molar-refractivity contribution is 5.49. The highest BCUT2D eigenvalue weighted by Gasteiger charge is 2.09. The predicted octanol–water partition coefficient (Wildman–Crippen LogP) is 3.27. The number of nitrogens with zero attached hydrogens (tertiary/aromatic N) is 1. The molecule has 0 saturated heterocycles. The smallest absolute Gasteiger partial charge is 0.146 e. The minimum absolute atomic E-state index is 0.189. The molecule has 106 valence electrons. The molecule has 2 N–H and O–H groups in total. The number of aryl methyl sites for hydroxylation is 1. The van der Waals surface area contributed by atoms with Crippen LogP contribution >= 0.6 is 0 Å². The molecule has 0 saturated carbocycles. The molecule has 20 heavy (non-hydrogen) atoms. The molecule has 2 nitrogen and oxygen atoms in total. The molecular weight excluding hydrogens is 251 g/mol. The van der Waals surface area contributed by atoms with Crippen molar-refractivity contribution in [1.29, 1.82) is 0 Å². The summed E-state index contributed by atoms with van der Waals surface area (Å²) in [5.41, 5.74) is 9.45. The van der Waals surface area contributed by atoms with Crippen molar-refractivity contribution in [3.63, 3.8) is 0 Å². The Labute approximate surface area is 120 Å². The molecule has 0 amide bonds. The molecule has 0 bridgehead atoms. The zero-order valence-electron chi connectivity index (χ0n) is 12.1. The Bertz CT molecular complexity index is 581. The van der Waals surface area contributed by atoms with Crippen LogP contribution in [0.15, 0.2) is 42.5 Å². The first-order valence-electron chi connectivity index (χ1n) is 6.85. The van der Waals surface area contributed by atoms with Gasteiger partial charge in [0.25, 0.3) is 0 Å². The highest BCUT2D eigenvalue weighted by Crippen LogP contribution is 2.21. The quantitative estimate of drug-likeness (QED) is 0.905. The van der Waals surface area contributed by atoms with Gasteiger partial charge in [-0.3, -0.25) is 0 Å². The molecule has 2 aromatic carbocycles. The Morgan fingerprint density at radius 1 is 1.10 bits per heavy atom. The van der Waals surface area contributed by atoms with E-state index in [1.165, 1.54) is 11.1 Å². The van der Waals surface area contributed by atoms with E-state index < -0.39 is 0 Å². The molecule has 0 heterocycles. The number of benzene rings is 2. The van der Waals surface area contributed by atoms with Crippen molar-refractivity contribution in [3.8, 4) is 0 Å². The first-order chi connectivity index (χ1) is 9.60. The van der Waals surface area contributed by atoms with Gasteiger partial charge in [0.2, 0.25) is 0 Å². The summed E-state index contributed by atoms with van der Waals surface area (Å²) in [5, 5.41) is 0. The van der Waals surface area contributed by atoms with Crippen LogP contribution in [0.25, 0.3) is 0 Å². The van der Waals surface area contributed by atoms with E-state index in [4.69, 9.17) is 5.73 Å². The average molecular weight is 272 g/mol. The van der Waals surface area contributed by atoms with E-state index in [0.29, 0.717) is 25.2 Å². The fraction of sp³-hybridized carbons (Fsp3) is 0.294. The minimum atomic E-state index is -0.189. The Morgan fingerprint density at radius 3 is 2.55 bits per heavy atom. The van der Waals surface area contributed by atoms with E-state index in [1.807, 2.05) is 30.1 Å². The van der Waals surface area contributed by atoms with Crippen LogP contribution in [0.4, 0.5) is 10.1 Å². The molecule has 0 unspecified atom stereocenters. The molecule has 0 spiro atoms. The van der Waals surface area contributed by atoms with E-state index in [-0.39, 0.29) is 5.82 Å². The van der Waals surface area contributed by atoms with E-state index in [2.05, 4.69) is 25.1 Å². The van der Waals surface area contributed by atoms with Gasteiger partial charge in [0.15, 0.2) is 0 Å². The molecule has 0 atom stereocenters. The molecule has 0 aliphatic carbocycles. The summed E-state index contributed by atoms with van der Waals surface area (Å²) in [5.74, 6) is -0.189. The number of hydrogen-bond acceptors (Lipinski definition) is 2. The van der Waals surface area contributed by atoms with Crippen LogP contribution < -0.4 is 10.6 Å². The van der Waals surface area contributed by atoms with Gasteiger partial charge in [-0.1, -0.05) is 35.9 Å². The van der Waals surface area contributed by atoms with Gasteiger partial charge in [-0.2, -0.15) is 0 Å². The molecule has 3 heteroatoms. The third kappa shape index (κ3) is 3.58. The average Bonchev–Trinajstić information content (AvgIpc) is 2.39. The maximum Gasteiger partial charge on any atom is 0.146 e. The second-order valence-electron chi connectivity index (χ2n) is 5.17. The van der Waals surface area contributed by atoms with Crippen molar-refractivity contribution in [2.75, 3.05) is 18.5 Å². The van der Waals surface area contributed by atoms with Crippen LogP contribution in [-0.4, -0.2) is 13.6 Å². The first-order valence-corrected chi connectivity index (χ1v) is 6.85. The van der Waals surface area contributed by atoms with Gasteiger partial charge in [0, 0.05) is 13.6 Å². The molecule has 2 rings (SSSR count). The monoisotopic (exact) mass is 272 g/mol. The molecule has 2 aromatic rings. The van der Waals surface area contributed by atoms with Crippen LogP contribution in [0, 0.1) is 12.7 Å². The molecule has 0 fully saturated rings. The number of halogens is 1. The highest BCUT2D eigenvalue weighted by atomic mass is 19.1. The summed E-state index contributed by atoms with van der Waals surface area (Å²) in [7, 11) is 1.91. The van der Waals surface area contributed by atoms with Gasteiger partial charge in [-0.05, 0) is 43.1 Å². The first kappa shape index (κ1) is 14.5. The van der Waals surface area contributed by atoms with E-state index in [1.54, 1.807) is 6.07 Å². The lowest BCUT2D eigenvalue weighted by Crippen LogP contribution is -2.18. The second kappa shape index (κ2) is 6.53. The third-order valence-electron chi connectivity index (χ3n) is 3.36. The van der Waals surface area contributed by atoms with Crippen LogP contribution in [-0.2, 0) is 13.0 Å². The largest absolute Gasteiger partial charge is 0.368 e. The number of hydrogen-bond donors (Lipinski definition) is 1. The minimum Gasteiger partial charge on any atom is -0.368 e. The molecule has 0 aliphatic rings.